The number of fused-ring (bicyclic) bond motifs is 5. The molecule has 3 N–H and O–H groups in total. The molecule has 4 aliphatic carbocycles. The Bertz CT molecular complexity index is 1040. The van der Waals surface area contributed by atoms with Gasteiger partial charge in [0, 0.05) is 48.3 Å². The molecular formula is C29H42O8. The Kier molecular flexibility index (Phi) is 7.04. The lowest BCUT2D eigenvalue weighted by Crippen LogP contribution is -2.66. The third-order valence-corrected chi connectivity index (χ3v) is 9.69. The maximum atomic E-state index is 13.2. The summed E-state index contributed by atoms with van der Waals surface area (Å²) in [6.07, 6.45) is 4.76. The van der Waals surface area contributed by atoms with Crippen molar-refractivity contribution >= 4 is 17.7 Å². The molecule has 0 amide bonds. The Morgan fingerprint density at radius 2 is 1.76 bits per heavy atom. The summed E-state index contributed by atoms with van der Waals surface area (Å²) < 4.78 is 12.3. The van der Waals surface area contributed by atoms with Gasteiger partial charge in [0.15, 0.2) is 11.4 Å². The minimum Gasteiger partial charge on any atom is -0.458 e. The van der Waals surface area contributed by atoms with Gasteiger partial charge in [0.1, 0.15) is 11.7 Å². The van der Waals surface area contributed by atoms with E-state index in [1.165, 1.54) is 0 Å². The molecule has 4 aliphatic rings. The fraction of sp³-hybridized carbons (Fsp3) is 0.759. The molecule has 0 bridgehead atoms. The number of aliphatic hydroxyl groups is 3. The quantitative estimate of drug-likeness (QED) is 0.330. The average Bonchev–Trinajstić information content (AvgIpc) is 3.26. The van der Waals surface area contributed by atoms with Gasteiger partial charge in [0.05, 0.1) is 12.2 Å². The normalized spacial score (nSPS) is 41.4. The fourth-order valence-corrected chi connectivity index (χ4v) is 7.79. The van der Waals surface area contributed by atoms with Crippen LogP contribution in [0.25, 0.3) is 0 Å². The van der Waals surface area contributed by atoms with Crippen LogP contribution in [0.4, 0.5) is 0 Å². The van der Waals surface area contributed by atoms with E-state index < -0.39 is 69.7 Å². The zero-order valence-electron chi connectivity index (χ0n) is 22.9. The maximum absolute atomic E-state index is 13.2. The summed E-state index contributed by atoms with van der Waals surface area (Å²) in [7, 11) is 0. The van der Waals surface area contributed by atoms with E-state index in [9.17, 15) is 29.7 Å². The highest BCUT2D eigenvalue weighted by Gasteiger charge is 2.87. The molecular weight excluding hydrogens is 476 g/mol. The second-order valence-corrected chi connectivity index (χ2v) is 12.2. The highest BCUT2D eigenvalue weighted by atomic mass is 16.6. The fourth-order valence-electron chi connectivity index (χ4n) is 7.79. The van der Waals surface area contributed by atoms with Crippen LogP contribution in [-0.4, -0.2) is 62.6 Å². The van der Waals surface area contributed by atoms with Gasteiger partial charge in [0.2, 0.25) is 0 Å². The molecule has 2 fully saturated rings. The van der Waals surface area contributed by atoms with Crippen LogP contribution in [0, 0.1) is 29.1 Å². The number of ether oxygens (including phenoxy) is 2. The Hall–Kier alpha value is -2.03. The number of unbranched alkanes of at least 4 members (excludes halogenated alkanes) is 1. The van der Waals surface area contributed by atoms with Crippen LogP contribution in [0.3, 0.4) is 0 Å². The van der Waals surface area contributed by atoms with Crippen molar-refractivity contribution in [1.82, 2.24) is 0 Å². The predicted octanol–water partition coefficient (Wildman–Crippen LogP) is 3.02. The zero-order valence-corrected chi connectivity index (χ0v) is 22.9. The first-order valence-electron chi connectivity index (χ1n) is 13.7. The van der Waals surface area contributed by atoms with Crippen molar-refractivity contribution in [2.75, 3.05) is 6.61 Å². The molecule has 37 heavy (non-hydrogen) atoms. The second-order valence-electron chi connectivity index (χ2n) is 12.2. The van der Waals surface area contributed by atoms with E-state index in [1.807, 2.05) is 27.7 Å². The number of ketones is 1. The van der Waals surface area contributed by atoms with E-state index in [1.54, 1.807) is 26.0 Å². The van der Waals surface area contributed by atoms with Crippen LogP contribution in [0.15, 0.2) is 23.3 Å². The minimum atomic E-state index is -1.93. The second kappa shape index (κ2) is 9.31. The van der Waals surface area contributed by atoms with E-state index in [2.05, 4.69) is 0 Å². The first-order valence-corrected chi connectivity index (χ1v) is 13.7. The Balaban J connectivity index is 1.90. The third-order valence-electron chi connectivity index (χ3n) is 9.69. The molecule has 0 aromatic rings. The standard InChI is InChI=1S/C29H42O8/c1-7-9-11-21(31)36-25-17(4)28(35)19(23-26(5,6)29(23,25)37-22(32)10-8-2)13-18(15-30)14-27(34)20(28)12-16(3)24(27)33/h12-13,17,19-20,23,25,30,34-35H,7-11,14-15H2,1-6H3/t17-,19+,20-,23-,25-,27-,28-,29-/m1/s1. The largest absolute Gasteiger partial charge is 0.458 e. The molecule has 0 unspecified atom stereocenters. The van der Waals surface area contributed by atoms with Crippen LogP contribution in [-0.2, 0) is 23.9 Å². The first kappa shape index (κ1) is 28.0. The Labute approximate surface area is 219 Å². The van der Waals surface area contributed by atoms with Gasteiger partial charge in [-0.05, 0) is 30.9 Å². The topological polar surface area (TPSA) is 130 Å². The molecule has 0 radical (unpaired) electrons. The van der Waals surface area contributed by atoms with Gasteiger partial charge in [-0.15, -0.1) is 0 Å². The summed E-state index contributed by atoms with van der Waals surface area (Å²) in [6, 6.07) is 0. The number of carbonyl (C=O) groups excluding carboxylic acids is 3. The van der Waals surface area contributed by atoms with Crippen LogP contribution < -0.4 is 0 Å². The zero-order chi connectivity index (χ0) is 27.6. The summed E-state index contributed by atoms with van der Waals surface area (Å²) >= 11 is 0. The van der Waals surface area contributed by atoms with Crippen LogP contribution in [0.5, 0.6) is 0 Å². The molecule has 8 nitrogen and oxygen atoms in total. The highest BCUT2D eigenvalue weighted by Crippen LogP contribution is 2.77. The van der Waals surface area contributed by atoms with Gasteiger partial charge >= 0.3 is 11.9 Å². The third kappa shape index (κ3) is 3.77. The Morgan fingerprint density at radius 3 is 2.35 bits per heavy atom. The van der Waals surface area contributed by atoms with E-state index >= 15 is 0 Å². The minimum absolute atomic E-state index is 0.108. The number of esters is 2. The van der Waals surface area contributed by atoms with Gasteiger partial charge in [-0.1, -0.05) is 53.2 Å². The summed E-state index contributed by atoms with van der Waals surface area (Å²) in [5.74, 6) is -4.20. The number of aliphatic hydroxyl groups excluding tert-OH is 1. The van der Waals surface area contributed by atoms with Crippen molar-refractivity contribution < 1.29 is 39.2 Å². The maximum Gasteiger partial charge on any atom is 0.306 e. The van der Waals surface area contributed by atoms with Gasteiger partial charge < -0.3 is 24.8 Å². The van der Waals surface area contributed by atoms with Crippen molar-refractivity contribution in [3.63, 3.8) is 0 Å². The number of Topliss-reactive ketones (excluding diaryl/α,β-unsaturated/α-hetero) is 1. The molecule has 4 rings (SSSR count). The lowest BCUT2D eigenvalue weighted by molar-refractivity contribution is -0.229. The summed E-state index contributed by atoms with van der Waals surface area (Å²) in [6.45, 7) is 10.7. The van der Waals surface area contributed by atoms with E-state index in [4.69, 9.17) is 9.47 Å². The van der Waals surface area contributed by atoms with Crippen LogP contribution in [0.1, 0.15) is 80.1 Å². The van der Waals surface area contributed by atoms with Crippen molar-refractivity contribution in [2.45, 2.75) is 103 Å². The molecule has 0 aromatic carbocycles. The number of hydrogen-bond donors (Lipinski definition) is 3. The SMILES string of the molecule is CCCCC(=O)O[C@@H]1[C@@H](C)[C@@]2(O)[C@@H](C=C(CO)C[C@]3(O)C(=O)C(C)=C[C@@H]23)[C@@H]2C(C)(C)[C@]12OC(=O)CCC. The molecule has 0 spiro atoms. The molecule has 8 heteroatoms. The number of rotatable bonds is 8. The summed E-state index contributed by atoms with van der Waals surface area (Å²) in [5.41, 5.74) is -4.69. The van der Waals surface area contributed by atoms with Crippen molar-refractivity contribution in [2.24, 2.45) is 29.1 Å². The molecule has 8 atom stereocenters. The number of carbonyl (C=O) groups is 3. The molecule has 0 aliphatic heterocycles. The van der Waals surface area contributed by atoms with Gasteiger partial charge in [-0.3, -0.25) is 14.4 Å². The van der Waals surface area contributed by atoms with Crippen molar-refractivity contribution in [1.29, 1.82) is 0 Å². The monoisotopic (exact) mass is 518 g/mol. The predicted molar refractivity (Wildman–Crippen MR) is 135 cm³/mol. The van der Waals surface area contributed by atoms with Gasteiger partial charge in [-0.25, -0.2) is 0 Å². The molecule has 206 valence electrons. The van der Waals surface area contributed by atoms with E-state index in [0.29, 0.717) is 24.0 Å². The average molecular weight is 519 g/mol. The summed E-state index contributed by atoms with van der Waals surface area (Å²) in [4.78, 5) is 39.1. The molecule has 0 saturated heterocycles. The molecule has 0 aromatic heterocycles. The summed E-state index contributed by atoms with van der Waals surface area (Å²) in [5, 5.41) is 34.6. The van der Waals surface area contributed by atoms with Crippen LogP contribution >= 0.6 is 0 Å². The van der Waals surface area contributed by atoms with E-state index in [-0.39, 0.29) is 25.9 Å². The van der Waals surface area contributed by atoms with Crippen LogP contribution in [0.2, 0.25) is 0 Å². The van der Waals surface area contributed by atoms with Gasteiger partial charge in [0.25, 0.3) is 0 Å². The highest BCUT2D eigenvalue weighted by molar-refractivity contribution is 6.04. The molecule has 2 saturated carbocycles. The molecule has 0 heterocycles. The Morgan fingerprint density at radius 1 is 1.08 bits per heavy atom. The first-order chi connectivity index (χ1) is 17.3. The lowest BCUT2D eigenvalue weighted by atomic mass is 9.59. The smallest absolute Gasteiger partial charge is 0.306 e. The van der Waals surface area contributed by atoms with Crippen molar-refractivity contribution in [3.8, 4) is 0 Å². The van der Waals surface area contributed by atoms with E-state index in [0.717, 1.165) is 6.42 Å². The number of hydrogen-bond acceptors (Lipinski definition) is 8. The lowest BCUT2D eigenvalue weighted by Gasteiger charge is -2.53. The van der Waals surface area contributed by atoms with Gasteiger partial charge in [-0.2, -0.15) is 0 Å². The van der Waals surface area contributed by atoms with Crippen molar-refractivity contribution in [3.05, 3.63) is 23.3 Å².